The number of aliphatic hydroxyl groups is 1. The number of hydrogen-bond acceptors (Lipinski definition) is 5. The van der Waals surface area contributed by atoms with Crippen LogP contribution < -0.4 is 0 Å². The number of nitrogens with one attached hydrogen (secondary N) is 1. The quantitative estimate of drug-likeness (QED) is 0.835. The van der Waals surface area contributed by atoms with Crippen LogP contribution in [-0.4, -0.2) is 52.4 Å². The van der Waals surface area contributed by atoms with Crippen LogP contribution in [0.5, 0.6) is 0 Å². The number of ether oxygens (including phenoxy) is 1. The lowest BCUT2D eigenvalue weighted by atomic mass is 9.92. The number of aliphatic hydroxyl groups excluding tert-OH is 1. The van der Waals surface area contributed by atoms with Crippen LogP contribution in [0.25, 0.3) is 0 Å². The Morgan fingerprint density at radius 1 is 1.32 bits per heavy atom. The molecule has 1 aromatic carbocycles. The van der Waals surface area contributed by atoms with Crippen LogP contribution >= 0.6 is 0 Å². The van der Waals surface area contributed by atoms with Crippen molar-refractivity contribution in [3.63, 3.8) is 0 Å². The molecular weight excluding hydrogens is 318 g/mol. The first-order valence-electron chi connectivity index (χ1n) is 8.81. The summed E-state index contributed by atoms with van der Waals surface area (Å²) in [6.07, 6.45) is 2.49. The molecule has 0 radical (unpaired) electrons. The minimum absolute atomic E-state index is 0.172. The third-order valence-electron chi connectivity index (χ3n) is 5.60. The van der Waals surface area contributed by atoms with E-state index in [4.69, 9.17) is 4.74 Å². The fraction of sp³-hybridized carbons (Fsp3) is 0.474. The normalized spacial score (nSPS) is 24.2. The van der Waals surface area contributed by atoms with Gasteiger partial charge >= 0.3 is 5.97 Å². The first kappa shape index (κ1) is 16.3. The van der Waals surface area contributed by atoms with Gasteiger partial charge in [-0.1, -0.05) is 24.3 Å². The van der Waals surface area contributed by atoms with Gasteiger partial charge in [0.1, 0.15) is 0 Å². The van der Waals surface area contributed by atoms with Crippen molar-refractivity contribution >= 4 is 5.97 Å². The van der Waals surface area contributed by atoms with Crippen molar-refractivity contribution in [2.75, 3.05) is 20.2 Å². The van der Waals surface area contributed by atoms with Gasteiger partial charge in [0.15, 0.2) is 5.69 Å². The molecule has 0 bridgehead atoms. The number of benzene rings is 1. The molecule has 0 saturated carbocycles. The molecule has 1 saturated heterocycles. The number of carbonyl (C=O) groups excluding carboxylic acids is 1. The lowest BCUT2D eigenvalue weighted by Gasteiger charge is -2.37. The molecule has 6 nitrogen and oxygen atoms in total. The number of nitrogens with zero attached hydrogens (tertiary/aromatic N) is 2. The molecule has 0 spiro atoms. The van der Waals surface area contributed by atoms with Gasteiger partial charge in [0.2, 0.25) is 0 Å². The lowest BCUT2D eigenvalue weighted by molar-refractivity contribution is 0.0455. The summed E-state index contributed by atoms with van der Waals surface area (Å²) in [4.78, 5) is 13.9. The summed E-state index contributed by atoms with van der Waals surface area (Å²) >= 11 is 0. The molecule has 2 atom stereocenters. The smallest absolute Gasteiger partial charge is 0.358 e. The summed E-state index contributed by atoms with van der Waals surface area (Å²) in [5.74, 6) is -0.0464. The topological polar surface area (TPSA) is 78.5 Å². The number of aromatic amines is 1. The Balaban J connectivity index is 1.39. The second-order valence-corrected chi connectivity index (χ2v) is 6.93. The monoisotopic (exact) mass is 341 g/mol. The van der Waals surface area contributed by atoms with Gasteiger partial charge in [-0.3, -0.25) is 10.00 Å². The maximum absolute atomic E-state index is 11.5. The number of H-pyrrole nitrogens is 1. The van der Waals surface area contributed by atoms with E-state index in [1.54, 1.807) is 6.07 Å². The number of aromatic nitrogens is 2. The van der Waals surface area contributed by atoms with Crippen LogP contribution in [0.3, 0.4) is 0 Å². The van der Waals surface area contributed by atoms with Crippen molar-refractivity contribution < 1.29 is 14.6 Å². The highest BCUT2D eigenvalue weighted by Gasteiger charge is 2.36. The number of fused-ring (bicyclic) bond motifs is 1. The van der Waals surface area contributed by atoms with Crippen molar-refractivity contribution in [1.29, 1.82) is 0 Å². The third kappa shape index (κ3) is 2.96. The van der Waals surface area contributed by atoms with Gasteiger partial charge in [-0.15, -0.1) is 0 Å². The van der Waals surface area contributed by atoms with E-state index in [9.17, 15) is 9.90 Å². The lowest BCUT2D eigenvalue weighted by Crippen LogP contribution is -2.43. The van der Waals surface area contributed by atoms with E-state index in [1.165, 1.54) is 12.7 Å². The Labute approximate surface area is 146 Å². The summed E-state index contributed by atoms with van der Waals surface area (Å²) in [5.41, 5.74) is 3.67. The molecule has 2 N–H and O–H groups in total. The Bertz CT molecular complexity index is 765. The molecule has 6 heteroatoms. The zero-order valence-corrected chi connectivity index (χ0v) is 14.3. The summed E-state index contributed by atoms with van der Waals surface area (Å²) in [5, 5.41) is 17.7. The van der Waals surface area contributed by atoms with Crippen LogP contribution in [-0.2, 0) is 11.2 Å². The number of esters is 1. The average molecular weight is 341 g/mol. The van der Waals surface area contributed by atoms with Crippen LogP contribution in [0.2, 0.25) is 0 Å². The highest BCUT2D eigenvalue weighted by atomic mass is 16.5. The molecule has 2 aliphatic rings. The maximum Gasteiger partial charge on any atom is 0.358 e. The minimum atomic E-state index is -0.410. The van der Waals surface area contributed by atoms with Gasteiger partial charge in [-0.05, 0) is 49.5 Å². The highest BCUT2D eigenvalue weighted by Crippen LogP contribution is 2.37. The molecular formula is C19H23N3O3. The van der Waals surface area contributed by atoms with E-state index in [0.29, 0.717) is 11.6 Å². The zero-order chi connectivity index (χ0) is 17.4. The molecule has 2 aromatic rings. The minimum Gasteiger partial charge on any atom is -0.464 e. The van der Waals surface area contributed by atoms with Crippen molar-refractivity contribution in [3.8, 4) is 0 Å². The number of piperidine rings is 1. The first-order valence-corrected chi connectivity index (χ1v) is 8.81. The Kier molecular flexibility index (Phi) is 4.31. The summed E-state index contributed by atoms with van der Waals surface area (Å²) in [7, 11) is 1.36. The van der Waals surface area contributed by atoms with Gasteiger partial charge in [0.25, 0.3) is 0 Å². The van der Waals surface area contributed by atoms with Gasteiger partial charge in [0, 0.05) is 17.7 Å². The van der Waals surface area contributed by atoms with E-state index < -0.39 is 12.1 Å². The SMILES string of the molecule is COC(=O)c1cc(C2CCN(C3Cc4ccccc4[C@@H]3O)CC2)[nH]n1. The van der Waals surface area contributed by atoms with Crippen LogP contribution in [0.4, 0.5) is 0 Å². The number of likely N-dealkylation sites (tertiary alicyclic amines) is 1. The maximum atomic E-state index is 11.5. The zero-order valence-electron chi connectivity index (χ0n) is 14.3. The second kappa shape index (κ2) is 6.61. The Morgan fingerprint density at radius 2 is 2.08 bits per heavy atom. The fourth-order valence-electron chi connectivity index (χ4n) is 4.18. The first-order chi connectivity index (χ1) is 12.2. The summed E-state index contributed by atoms with van der Waals surface area (Å²) in [6, 6.07) is 10.2. The van der Waals surface area contributed by atoms with Crippen molar-refractivity contribution in [1.82, 2.24) is 15.1 Å². The van der Waals surface area contributed by atoms with Crippen LogP contribution in [0.1, 0.15) is 52.2 Å². The predicted molar refractivity (Wildman–Crippen MR) is 92.4 cm³/mol. The molecule has 0 amide bonds. The fourth-order valence-corrected chi connectivity index (χ4v) is 4.18. The molecule has 2 heterocycles. The standard InChI is InChI=1S/C19H23N3O3/c1-25-19(24)16-11-15(20-21-16)12-6-8-22(9-7-12)17-10-13-4-2-3-5-14(13)18(17)23/h2-5,11-12,17-18,23H,6-10H2,1H3,(H,20,21)/t17?,18-/m0/s1. The number of carbonyl (C=O) groups is 1. The predicted octanol–water partition coefficient (Wildman–Crippen LogP) is 2.03. The van der Waals surface area contributed by atoms with Crippen molar-refractivity contribution in [2.24, 2.45) is 0 Å². The van der Waals surface area contributed by atoms with Crippen LogP contribution in [0, 0.1) is 0 Å². The molecule has 1 aliphatic heterocycles. The number of methoxy groups -OCH3 is 1. The average Bonchev–Trinajstić information content (AvgIpc) is 3.27. The third-order valence-corrected chi connectivity index (χ3v) is 5.60. The van der Waals surface area contributed by atoms with Crippen molar-refractivity contribution in [3.05, 3.63) is 52.8 Å². The van der Waals surface area contributed by atoms with E-state index >= 15 is 0 Å². The van der Waals surface area contributed by atoms with Crippen LogP contribution in [0.15, 0.2) is 30.3 Å². The Morgan fingerprint density at radius 3 is 2.80 bits per heavy atom. The van der Waals surface area contributed by atoms with E-state index in [1.807, 2.05) is 18.2 Å². The molecule has 25 heavy (non-hydrogen) atoms. The van der Waals surface area contributed by atoms with Crippen molar-refractivity contribution in [2.45, 2.75) is 37.3 Å². The molecule has 132 valence electrons. The number of rotatable bonds is 3. The molecule has 1 unspecified atom stereocenters. The van der Waals surface area contributed by atoms with E-state index in [2.05, 4.69) is 21.2 Å². The van der Waals surface area contributed by atoms with E-state index in [-0.39, 0.29) is 6.04 Å². The summed E-state index contributed by atoms with van der Waals surface area (Å²) in [6.45, 7) is 1.87. The Hall–Kier alpha value is -2.18. The second-order valence-electron chi connectivity index (χ2n) is 6.93. The van der Waals surface area contributed by atoms with Gasteiger partial charge in [-0.2, -0.15) is 5.10 Å². The number of hydrogen-bond donors (Lipinski definition) is 2. The molecule has 1 aliphatic carbocycles. The molecule has 1 fully saturated rings. The van der Waals surface area contributed by atoms with Gasteiger partial charge < -0.3 is 9.84 Å². The van der Waals surface area contributed by atoms with Gasteiger partial charge in [0.05, 0.1) is 13.2 Å². The molecule has 1 aromatic heterocycles. The molecule has 4 rings (SSSR count). The van der Waals surface area contributed by atoms with Gasteiger partial charge in [-0.25, -0.2) is 4.79 Å². The highest BCUT2D eigenvalue weighted by molar-refractivity contribution is 5.87. The largest absolute Gasteiger partial charge is 0.464 e. The summed E-state index contributed by atoms with van der Waals surface area (Å²) < 4.78 is 4.71. The van der Waals surface area contributed by atoms with E-state index in [0.717, 1.165) is 43.6 Å².